The van der Waals surface area contributed by atoms with E-state index in [1.54, 1.807) is 0 Å². The summed E-state index contributed by atoms with van der Waals surface area (Å²) in [6.07, 6.45) is 3.61. The van der Waals surface area contributed by atoms with Crippen molar-refractivity contribution in [2.45, 2.75) is 43.8 Å². The van der Waals surface area contributed by atoms with Crippen molar-refractivity contribution in [1.29, 1.82) is 0 Å². The fourth-order valence-electron chi connectivity index (χ4n) is 4.44. The Balaban J connectivity index is 1.49. The Morgan fingerprint density at radius 3 is 2.71 bits per heavy atom. The molecule has 3 N–H and O–H groups in total. The first kappa shape index (κ1) is 21.7. The molecule has 7 heteroatoms. The first-order chi connectivity index (χ1) is 14.9. The molecule has 6 nitrogen and oxygen atoms in total. The van der Waals surface area contributed by atoms with Crippen molar-refractivity contribution in [1.82, 2.24) is 15.5 Å². The average Bonchev–Trinajstić information content (AvgIpc) is 2.73. The van der Waals surface area contributed by atoms with Crippen molar-refractivity contribution in [3.63, 3.8) is 0 Å². The molecule has 1 saturated carbocycles. The minimum absolute atomic E-state index is 0.0841. The lowest BCUT2D eigenvalue weighted by Gasteiger charge is -2.44. The molecular formula is C24H30ClN5O. The predicted molar refractivity (Wildman–Crippen MR) is 127 cm³/mol. The largest absolute Gasteiger partial charge is 0.371 e. The summed E-state index contributed by atoms with van der Waals surface area (Å²) in [6, 6.07) is 16.2. The number of nitrogens with one attached hydrogen (secondary N) is 3. The molecule has 1 heterocycles. The fourth-order valence-corrected chi connectivity index (χ4v) is 4.65. The van der Waals surface area contributed by atoms with E-state index in [0.29, 0.717) is 13.1 Å². The Kier molecular flexibility index (Phi) is 6.49. The maximum Gasteiger partial charge on any atom is 0.234 e. The van der Waals surface area contributed by atoms with Gasteiger partial charge in [-0.25, -0.2) is 4.99 Å². The summed E-state index contributed by atoms with van der Waals surface area (Å²) < 4.78 is 0. The molecule has 1 fully saturated rings. The molecule has 1 aliphatic heterocycles. The van der Waals surface area contributed by atoms with E-state index >= 15 is 0 Å². The molecule has 2 aliphatic rings. The molecule has 0 bridgehead atoms. The lowest BCUT2D eigenvalue weighted by atomic mass is 9.77. The van der Waals surface area contributed by atoms with Crippen molar-refractivity contribution in [3.8, 4) is 0 Å². The molecule has 0 radical (unpaired) electrons. The molecule has 2 aromatic carbocycles. The molecule has 0 unspecified atom stereocenters. The number of amides is 1. The molecule has 1 aliphatic carbocycles. The number of amidine groups is 1. The van der Waals surface area contributed by atoms with E-state index in [2.05, 4.69) is 28.1 Å². The van der Waals surface area contributed by atoms with Crippen LogP contribution in [0.5, 0.6) is 0 Å². The van der Waals surface area contributed by atoms with Crippen molar-refractivity contribution in [2.24, 2.45) is 4.99 Å². The van der Waals surface area contributed by atoms with Gasteiger partial charge in [0.25, 0.3) is 0 Å². The number of fused-ring (bicyclic) bond motifs is 1. The Hall–Kier alpha value is -2.57. The normalized spacial score (nSPS) is 22.5. The average molecular weight is 440 g/mol. The summed E-state index contributed by atoms with van der Waals surface area (Å²) in [4.78, 5) is 19.1. The van der Waals surface area contributed by atoms with E-state index in [1.807, 2.05) is 55.4 Å². The molecule has 1 spiro atoms. The van der Waals surface area contributed by atoms with E-state index < -0.39 is 0 Å². The van der Waals surface area contributed by atoms with Gasteiger partial charge in [0.2, 0.25) is 5.91 Å². The zero-order chi connectivity index (χ0) is 21.8. The predicted octanol–water partition coefficient (Wildman–Crippen LogP) is 3.94. The topological polar surface area (TPSA) is 68.8 Å². The van der Waals surface area contributed by atoms with Crippen LogP contribution in [0.25, 0.3) is 0 Å². The number of benzene rings is 2. The number of hydrogen-bond acceptors (Lipinski definition) is 5. The Morgan fingerprint density at radius 2 is 1.97 bits per heavy atom. The molecule has 4 rings (SSSR count). The summed E-state index contributed by atoms with van der Waals surface area (Å²) in [7, 11) is 3.82. The van der Waals surface area contributed by atoms with Gasteiger partial charge in [-0.05, 0) is 69.6 Å². The van der Waals surface area contributed by atoms with Gasteiger partial charge in [0, 0.05) is 17.6 Å². The second-order valence-electron chi connectivity index (χ2n) is 8.75. The van der Waals surface area contributed by atoms with Gasteiger partial charge in [0.15, 0.2) is 0 Å². The second kappa shape index (κ2) is 9.28. The van der Waals surface area contributed by atoms with E-state index in [9.17, 15) is 4.79 Å². The third-order valence-electron chi connectivity index (χ3n) is 5.98. The lowest BCUT2D eigenvalue weighted by Crippen LogP contribution is -2.57. The molecule has 0 atom stereocenters. The lowest BCUT2D eigenvalue weighted by molar-refractivity contribution is -0.122. The number of halogens is 1. The van der Waals surface area contributed by atoms with Crippen LogP contribution < -0.4 is 16.0 Å². The van der Waals surface area contributed by atoms with Crippen molar-refractivity contribution >= 4 is 34.7 Å². The number of anilines is 1. The zero-order valence-corrected chi connectivity index (χ0v) is 18.9. The maximum absolute atomic E-state index is 12.2. The van der Waals surface area contributed by atoms with Crippen molar-refractivity contribution in [3.05, 3.63) is 59.1 Å². The summed E-state index contributed by atoms with van der Waals surface area (Å²) >= 11 is 6.16. The minimum atomic E-state index is -0.254. The third kappa shape index (κ3) is 5.20. The zero-order valence-electron chi connectivity index (χ0n) is 18.1. The van der Waals surface area contributed by atoms with Gasteiger partial charge in [-0.3, -0.25) is 4.79 Å². The van der Waals surface area contributed by atoms with Crippen molar-refractivity contribution in [2.75, 3.05) is 26.0 Å². The highest BCUT2D eigenvalue weighted by Gasteiger charge is 2.42. The number of nitrogens with zero attached hydrogens (tertiary/aromatic N) is 2. The van der Waals surface area contributed by atoms with Crippen LogP contribution in [0.3, 0.4) is 0 Å². The highest BCUT2D eigenvalue weighted by Crippen LogP contribution is 2.40. The summed E-state index contributed by atoms with van der Waals surface area (Å²) in [5.74, 6) is 1.05. The quantitative estimate of drug-likeness (QED) is 0.660. The minimum Gasteiger partial charge on any atom is -0.371 e. The Bertz CT molecular complexity index is 966. The molecule has 0 aromatic heterocycles. The number of aliphatic imine (C=N–C) groups is 1. The van der Waals surface area contributed by atoms with Gasteiger partial charge in [0.1, 0.15) is 5.84 Å². The number of likely N-dealkylation sites (N-methyl/N-ethyl adjacent to an activating group) is 1. The molecule has 31 heavy (non-hydrogen) atoms. The molecule has 2 aromatic rings. The summed E-state index contributed by atoms with van der Waals surface area (Å²) in [5.41, 5.74) is 2.87. The van der Waals surface area contributed by atoms with Crippen molar-refractivity contribution < 1.29 is 4.79 Å². The van der Waals surface area contributed by atoms with Crippen LogP contribution >= 0.6 is 11.6 Å². The highest BCUT2D eigenvalue weighted by atomic mass is 35.5. The van der Waals surface area contributed by atoms with Gasteiger partial charge in [-0.15, -0.1) is 0 Å². The third-order valence-corrected chi connectivity index (χ3v) is 6.21. The number of carbonyl (C=O) groups is 1. The number of rotatable bonds is 5. The fraction of sp³-hybridized carbons (Fsp3) is 0.417. The standard InChI is InChI=1S/C24H30ClN5O/c1-30(2)16-22(31)27-19-10-12-24(13-11-19)23(26-15-17-6-5-7-18(25)14-17)28-20-8-3-4-9-21(20)29-24/h3-9,14,19,29H,10-13,15-16H2,1-2H3,(H,26,28)(H,27,31). The second-order valence-corrected chi connectivity index (χ2v) is 9.18. The van der Waals surface area contributed by atoms with Gasteiger partial charge in [0.05, 0.1) is 23.5 Å². The Morgan fingerprint density at radius 1 is 1.19 bits per heavy atom. The summed E-state index contributed by atoms with van der Waals surface area (Å²) in [6.45, 7) is 1.08. The number of hydrogen-bond donors (Lipinski definition) is 3. The molecule has 1 amide bonds. The molecule has 164 valence electrons. The van der Waals surface area contributed by atoms with Gasteiger partial charge >= 0.3 is 0 Å². The van der Waals surface area contributed by atoms with E-state index in [4.69, 9.17) is 16.6 Å². The van der Waals surface area contributed by atoms with Crippen LogP contribution in [0.4, 0.5) is 11.4 Å². The number of para-hydroxylation sites is 2. The van der Waals surface area contributed by atoms with Gasteiger partial charge in [-0.2, -0.15) is 0 Å². The van der Waals surface area contributed by atoms with Gasteiger partial charge in [-0.1, -0.05) is 35.9 Å². The maximum atomic E-state index is 12.2. The molecule has 0 saturated heterocycles. The van der Waals surface area contributed by atoms with Crippen LogP contribution in [0, 0.1) is 0 Å². The van der Waals surface area contributed by atoms with Crippen LogP contribution in [0.1, 0.15) is 31.2 Å². The first-order valence-electron chi connectivity index (χ1n) is 10.8. The van der Waals surface area contributed by atoms with Crippen LogP contribution in [-0.4, -0.2) is 48.9 Å². The van der Waals surface area contributed by atoms with Crippen LogP contribution in [-0.2, 0) is 11.3 Å². The van der Waals surface area contributed by atoms with E-state index in [0.717, 1.165) is 53.5 Å². The van der Waals surface area contributed by atoms with E-state index in [1.165, 1.54) is 0 Å². The highest BCUT2D eigenvalue weighted by molar-refractivity contribution is 6.30. The Labute approximate surface area is 189 Å². The van der Waals surface area contributed by atoms with Gasteiger partial charge < -0.3 is 20.9 Å². The molecular weight excluding hydrogens is 410 g/mol. The smallest absolute Gasteiger partial charge is 0.234 e. The first-order valence-corrected chi connectivity index (χ1v) is 11.2. The number of carbonyl (C=O) groups excluding carboxylic acids is 1. The monoisotopic (exact) mass is 439 g/mol. The SMILES string of the molecule is CN(C)CC(=O)NC1CCC2(CC1)Nc1ccccc1N=C2NCc1cccc(Cl)c1. The van der Waals surface area contributed by atoms with Crippen LogP contribution in [0.2, 0.25) is 5.02 Å². The van der Waals surface area contributed by atoms with Crippen LogP contribution in [0.15, 0.2) is 53.5 Å². The summed E-state index contributed by atoms with van der Waals surface area (Å²) in [5, 5.41) is 11.3. The van der Waals surface area contributed by atoms with E-state index in [-0.39, 0.29) is 17.5 Å².